The number of para-hydroxylation sites is 1. The van der Waals surface area contributed by atoms with Gasteiger partial charge in [0.1, 0.15) is 58.8 Å². The average Bonchev–Trinajstić information content (AvgIpc) is 3.93. The van der Waals surface area contributed by atoms with Gasteiger partial charge in [-0.2, -0.15) is 14.6 Å². The van der Waals surface area contributed by atoms with Gasteiger partial charge in [-0.05, 0) is 92.4 Å². The number of carbonyl (C=O) groups excluding carboxylic acids is 1. The highest BCUT2D eigenvalue weighted by molar-refractivity contribution is 6.18. The quantitative estimate of drug-likeness (QED) is 0.0748. The minimum atomic E-state index is -0.156. The number of pyridine rings is 1. The monoisotopic (exact) mass is 861 g/mol. The lowest BCUT2D eigenvalue weighted by atomic mass is 9.98. The lowest BCUT2D eigenvalue weighted by Gasteiger charge is -2.36. The lowest BCUT2D eigenvalue weighted by molar-refractivity contribution is -0.442. The molecule has 0 aliphatic carbocycles. The Labute approximate surface area is 371 Å². The Balaban J connectivity index is 0.857. The molecule has 4 aromatic heterocycles. The van der Waals surface area contributed by atoms with Crippen LogP contribution in [0.2, 0.25) is 0 Å². The number of piperidine rings is 2. The predicted molar refractivity (Wildman–Crippen MR) is 246 cm³/mol. The number of aryl methyl sites for hydroxylation is 1. The summed E-state index contributed by atoms with van der Waals surface area (Å²) in [5, 5.41) is 23.0. The molecule has 2 aromatic carbocycles. The number of anilines is 3. The van der Waals surface area contributed by atoms with Crippen LogP contribution in [0.15, 0.2) is 109 Å². The van der Waals surface area contributed by atoms with E-state index in [0.29, 0.717) is 66.0 Å². The molecule has 64 heavy (non-hydrogen) atoms. The van der Waals surface area contributed by atoms with Crippen LogP contribution in [0.1, 0.15) is 67.7 Å². The van der Waals surface area contributed by atoms with Crippen LogP contribution in [0.25, 0.3) is 5.65 Å². The summed E-state index contributed by atoms with van der Waals surface area (Å²) in [5.74, 6) is 4.48. The number of likely N-dealkylation sites (tertiary alicyclic amines) is 1. The summed E-state index contributed by atoms with van der Waals surface area (Å²) in [6.07, 6.45) is 15.2. The molecule has 0 spiro atoms. The number of hydrazone groups is 1. The highest BCUT2D eigenvalue weighted by Crippen LogP contribution is 2.33. The average molecular weight is 862 g/mol. The Morgan fingerprint density at radius 1 is 1.02 bits per heavy atom. The molecule has 0 radical (unpaired) electrons. The highest BCUT2D eigenvalue weighted by atomic mass is 16.5. The van der Waals surface area contributed by atoms with Crippen molar-refractivity contribution in [2.24, 2.45) is 11.0 Å². The van der Waals surface area contributed by atoms with E-state index in [2.05, 4.69) is 43.8 Å². The Kier molecular flexibility index (Phi) is 12.5. The number of fused-ring (bicyclic) bond motifs is 2. The van der Waals surface area contributed by atoms with Crippen molar-refractivity contribution in [3.63, 3.8) is 0 Å². The summed E-state index contributed by atoms with van der Waals surface area (Å²) >= 11 is 0. The first-order chi connectivity index (χ1) is 31.4. The zero-order valence-corrected chi connectivity index (χ0v) is 36.0. The van der Waals surface area contributed by atoms with Crippen LogP contribution in [0, 0.1) is 5.92 Å². The second-order valence-electron chi connectivity index (χ2n) is 16.3. The summed E-state index contributed by atoms with van der Waals surface area (Å²) in [5.41, 5.74) is 11.6. The Hall–Kier alpha value is -7.20. The maximum atomic E-state index is 13.9. The van der Waals surface area contributed by atoms with E-state index >= 15 is 0 Å². The number of carbonyl (C=O) groups is 1. The number of nitrogens with two attached hydrogens (primary N) is 1. The standard InChI is InChI=1S/C48H53N12O4/c1-3-34-27-54-60-41(24-42(55-46(34)60)58-22-8-7-11-37(58)19-23-61)51-26-36-25-50-20-18-40(36)63-30-32(2)48(62)57-21-9-10-33(28-57)29-59-47-43(45(49)52-31-53-47)44(56-59)35-14-16-39(17-15-35)64-38-12-5-4-6-13-38/h4-6,12-18,20,24-25,27,29,31,33,37,51,61H,2-3,7-11,19,21-23,26,28,30H2,1H3,(H2,49,52,53)/q+1/b59-29+/t33?,37-/m0/s1. The molecule has 16 nitrogen and oxygen atoms in total. The molecular weight excluding hydrogens is 809 g/mol. The number of nitrogen functional groups attached to an aromatic ring is 1. The van der Waals surface area contributed by atoms with Crippen molar-refractivity contribution in [3.8, 4) is 17.2 Å². The Morgan fingerprint density at radius 3 is 2.69 bits per heavy atom. The Bertz CT molecular complexity index is 2700. The van der Waals surface area contributed by atoms with Crippen molar-refractivity contribution in [2.45, 2.75) is 64.5 Å². The van der Waals surface area contributed by atoms with Gasteiger partial charge in [0.15, 0.2) is 5.65 Å². The van der Waals surface area contributed by atoms with E-state index in [-0.39, 0.29) is 31.1 Å². The molecule has 9 rings (SSSR count). The third-order valence-electron chi connectivity index (χ3n) is 12.0. The zero-order chi connectivity index (χ0) is 44.0. The number of amides is 1. The molecule has 16 heteroatoms. The fourth-order valence-electron chi connectivity index (χ4n) is 8.72. The largest absolute Gasteiger partial charge is 0.488 e. The number of aliphatic hydroxyl groups excluding tert-OH is 1. The molecule has 2 atom stereocenters. The first-order valence-electron chi connectivity index (χ1n) is 22.1. The van der Waals surface area contributed by atoms with E-state index in [4.69, 9.17) is 25.3 Å². The number of benzene rings is 2. The number of hydrogen-bond donors (Lipinski definition) is 3. The number of aromatic nitrogens is 6. The summed E-state index contributed by atoms with van der Waals surface area (Å²) < 4.78 is 15.9. The SMILES string of the molecule is C=C(COc1ccncc1CNc1cc(N2CCCC[C@H]2CCO)nc2c(CC)cnn12)C(=O)N1CCCC(/C=[N+]2/N=C(c3ccc(Oc4ccccc4)cc3)c3c(N)ncnc32)C1. The van der Waals surface area contributed by atoms with E-state index in [1.54, 1.807) is 23.1 Å². The molecule has 0 bridgehead atoms. The molecule has 328 valence electrons. The number of rotatable bonds is 15. The molecule has 1 unspecified atom stereocenters. The van der Waals surface area contributed by atoms with Gasteiger partial charge in [0.05, 0.1) is 6.20 Å². The summed E-state index contributed by atoms with van der Waals surface area (Å²) in [4.78, 5) is 36.3. The number of nitrogens with zero attached hydrogens (tertiary/aromatic N) is 10. The van der Waals surface area contributed by atoms with Gasteiger partial charge in [0.2, 0.25) is 6.33 Å². The normalized spacial score (nSPS) is 17.9. The third kappa shape index (κ3) is 8.99. The maximum Gasteiger partial charge on any atom is 0.363 e. The zero-order valence-electron chi connectivity index (χ0n) is 36.0. The van der Waals surface area contributed by atoms with Crippen LogP contribution in [0.3, 0.4) is 0 Å². The van der Waals surface area contributed by atoms with E-state index in [1.165, 1.54) is 6.33 Å². The van der Waals surface area contributed by atoms with E-state index in [1.807, 2.05) is 82.5 Å². The van der Waals surface area contributed by atoms with Gasteiger partial charge in [-0.1, -0.05) is 36.8 Å². The molecule has 2 saturated heterocycles. The van der Waals surface area contributed by atoms with Crippen LogP contribution in [0.5, 0.6) is 17.2 Å². The van der Waals surface area contributed by atoms with Gasteiger partial charge in [-0.15, -0.1) is 4.68 Å². The van der Waals surface area contributed by atoms with Crippen LogP contribution >= 0.6 is 0 Å². The van der Waals surface area contributed by atoms with Gasteiger partial charge in [0.25, 0.3) is 5.91 Å². The van der Waals surface area contributed by atoms with Crippen LogP contribution in [-0.4, -0.2) is 101 Å². The second kappa shape index (κ2) is 19.0. The molecule has 2 fully saturated rings. The van der Waals surface area contributed by atoms with Gasteiger partial charge in [0, 0.05) is 85.5 Å². The van der Waals surface area contributed by atoms with Crippen molar-refractivity contribution >= 4 is 46.8 Å². The first-order valence-corrected chi connectivity index (χ1v) is 22.1. The molecule has 4 N–H and O–H groups in total. The van der Waals surface area contributed by atoms with Crippen molar-refractivity contribution in [1.29, 1.82) is 0 Å². The molecule has 3 aliphatic heterocycles. The molecule has 3 aliphatic rings. The molecule has 0 saturated carbocycles. The predicted octanol–water partition coefficient (Wildman–Crippen LogP) is 6.56. The van der Waals surface area contributed by atoms with Gasteiger partial charge in [-0.3, -0.25) is 9.78 Å². The van der Waals surface area contributed by atoms with E-state index < -0.39 is 0 Å². The van der Waals surface area contributed by atoms with Crippen LogP contribution in [-0.2, 0) is 17.8 Å². The van der Waals surface area contributed by atoms with Crippen molar-refractivity contribution in [3.05, 3.63) is 126 Å². The van der Waals surface area contributed by atoms with Crippen molar-refractivity contribution in [1.82, 2.24) is 34.4 Å². The fraction of sp³-hybridized carbons (Fsp3) is 0.333. The van der Waals surface area contributed by atoms with Crippen molar-refractivity contribution < 1.29 is 24.1 Å². The fourth-order valence-corrected chi connectivity index (χ4v) is 8.72. The molecule has 7 heterocycles. The smallest absolute Gasteiger partial charge is 0.363 e. The minimum absolute atomic E-state index is 0.00285. The van der Waals surface area contributed by atoms with Gasteiger partial charge >= 0.3 is 5.82 Å². The number of ether oxygens (including phenoxy) is 2. The van der Waals surface area contributed by atoms with E-state index in [0.717, 1.165) is 84.8 Å². The van der Waals surface area contributed by atoms with Gasteiger partial charge in [-0.25, -0.2) is 4.98 Å². The minimum Gasteiger partial charge on any atom is -0.488 e. The lowest BCUT2D eigenvalue weighted by Crippen LogP contribution is -2.42. The third-order valence-corrected chi connectivity index (χ3v) is 12.0. The van der Waals surface area contributed by atoms with Crippen molar-refractivity contribution in [2.75, 3.05) is 48.8 Å². The molecule has 1 amide bonds. The second-order valence-corrected chi connectivity index (χ2v) is 16.3. The van der Waals surface area contributed by atoms with Crippen LogP contribution < -0.4 is 25.4 Å². The Morgan fingerprint density at radius 2 is 1.86 bits per heavy atom. The number of hydrogen-bond acceptors (Lipinski definition) is 13. The van der Waals surface area contributed by atoms with Gasteiger partial charge < -0.3 is 35.4 Å². The summed E-state index contributed by atoms with van der Waals surface area (Å²) in [7, 11) is 0. The summed E-state index contributed by atoms with van der Waals surface area (Å²) in [6.45, 7) is 8.79. The first kappa shape index (κ1) is 42.1. The van der Waals surface area contributed by atoms with E-state index in [9.17, 15) is 9.90 Å². The number of nitrogens with one attached hydrogen (secondary N) is 1. The highest BCUT2D eigenvalue weighted by Gasteiger charge is 2.35. The number of aliphatic hydroxyl groups is 1. The molecule has 6 aromatic rings. The summed E-state index contributed by atoms with van der Waals surface area (Å²) in [6, 6.07) is 21.4. The molecular formula is C48H53N12O4+. The topological polar surface area (TPSA) is 185 Å². The maximum absolute atomic E-state index is 13.9. The van der Waals surface area contributed by atoms with Crippen LogP contribution in [0.4, 0.5) is 23.3 Å².